The van der Waals surface area contributed by atoms with E-state index in [0.717, 1.165) is 28.5 Å². The minimum atomic E-state index is -0.347. The Kier molecular flexibility index (Phi) is 5.88. The Hall–Kier alpha value is -1.75. The third-order valence-corrected chi connectivity index (χ3v) is 4.94. The maximum absolute atomic E-state index is 11.8. The van der Waals surface area contributed by atoms with E-state index < -0.39 is 0 Å². The highest BCUT2D eigenvalue weighted by Gasteiger charge is 2.10. The Labute approximate surface area is 140 Å². The summed E-state index contributed by atoms with van der Waals surface area (Å²) in [5.74, 6) is 1.03. The van der Waals surface area contributed by atoms with Gasteiger partial charge in [0, 0.05) is 23.2 Å². The number of amides is 1. The van der Waals surface area contributed by atoms with Crippen LogP contribution in [-0.2, 0) is 10.5 Å². The number of benzene rings is 1. The van der Waals surface area contributed by atoms with Crippen LogP contribution >= 0.6 is 11.8 Å². The van der Waals surface area contributed by atoms with Gasteiger partial charge in [-0.25, -0.2) is 4.79 Å². The van der Waals surface area contributed by atoms with Crippen molar-refractivity contribution in [3.8, 4) is 0 Å². The summed E-state index contributed by atoms with van der Waals surface area (Å²) >= 11 is 1.51. The first-order valence-electron chi connectivity index (χ1n) is 7.81. The number of hydrogen-bond acceptors (Lipinski definition) is 4. The molecule has 0 saturated carbocycles. The van der Waals surface area contributed by atoms with Crippen LogP contribution in [0.15, 0.2) is 27.4 Å². The smallest absolute Gasteiger partial charge is 0.336 e. The van der Waals surface area contributed by atoms with Crippen molar-refractivity contribution in [3.05, 3.63) is 45.3 Å². The lowest BCUT2D eigenvalue weighted by atomic mass is 10.0. The van der Waals surface area contributed by atoms with E-state index in [0.29, 0.717) is 17.1 Å². The number of rotatable bonds is 6. The van der Waals surface area contributed by atoms with Gasteiger partial charge in [0.05, 0.1) is 5.75 Å². The van der Waals surface area contributed by atoms with Crippen LogP contribution in [0.2, 0.25) is 0 Å². The van der Waals surface area contributed by atoms with Gasteiger partial charge in [-0.2, -0.15) is 0 Å². The summed E-state index contributed by atoms with van der Waals surface area (Å²) in [6.07, 6.45) is 0.916. The molecule has 0 bridgehead atoms. The molecule has 4 nitrogen and oxygen atoms in total. The second kappa shape index (κ2) is 7.68. The lowest BCUT2D eigenvalue weighted by molar-refractivity contribution is -0.119. The van der Waals surface area contributed by atoms with Crippen molar-refractivity contribution in [1.29, 1.82) is 0 Å². The van der Waals surface area contributed by atoms with E-state index in [-0.39, 0.29) is 17.6 Å². The summed E-state index contributed by atoms with van der Waals surface area (Å²) in [4.78, 5) is 23.5. The van der Waals surface area contributed by atoms with Crippen molar-refractivity contribution >= 4 is 28.6 Å². The van der Waals surface area contributed by atoms with Gasteiger partial charge in [0.25, 0.3) is 0 Å². The lowest BCUT2D eigenvalue weighted by Crippen LogP contribution is -2.33. The first-order chi connectivity index (χ1) is 10.9. The van der Waals surface area contributed by atoms with Gasteiger partial charge in [-0.15, -0.1) is 11.8 Å². The highest BCUT2D eigenvalue weighted by atomic mass is 32.2. The summed E-state index contributed by atoms with van der Waals surface area (Å²) in [6.45, 7) is 8.06. The summed E-state index contributed by atoms with van der Waals surface area (Å²) in [5.41, 5.74) is 3.44. The first-order valence-corrected chi connectivity index (χ1v) is 8.97. The molecule has 1 heterocycles. The fourth-order valence-electron chi connectivity index (χ4n) is 2.27. The molecule has 0 unspecified atom stereocenters. The minimum absolute atomic E-state index is 0.0312. The van der Waals surface area contributed by atoms with E-state index in [9.17, 15) is 9.59 Å². The zero-order chi connectivity index (χ0) is 17.0. The van der Waals surface area contributed by atoms with Gasteiger partial charge >= 0.3 is 5.63 Å². The molecule has 1 atom stereocenters. The highest BCUT2D eigenvalue weighted by molar-refractivity contribution is 7.99. The maximum Gasteiger partial charge on any atom is 0.336 e. The Morgan fingerprint density at radius 2 is 1.96 bits per heavy atom. The number of nitrogens with one attached hydrogen (secondary N) is 1. The van der Waals surface area contributed by atoms with Gasteiger partial charge in [-0.3, -0.25) is 4.79 Å². The largest absolute Gasteiger partial charge is 0.423 e. The van der Waals surface area contributed by atoms with Crippen LogP contribution in [0, 0.1) is 13.8 Å². The molecule has 0 aliphatic heterocycles. The quantitative estimate of drug-likeness (QED) is 0.821. The van der Waals surface area contributed by atoms with Crippen LogP contribution in [0.3, 0.4) is 0 Å². The van der Waals surface area contributed by atoms with Crippen LogP contribution in [0.25, 0.3) is 11.0 Å². The fraction of sp³-hybridized carbons (Fsp3) is 0.444. The standard InChI is InChI=1S/C18H23NO3S/c1-5-13(4)19-17(20)10-23-9-14-8-18(21)22-16-7-12(3)11(2)6-15(14)16/h6-8,13H,5,9-10H2,1-4H3,(H,19,20)/t13-/m1/s1. The van der Waals surface area contributed by atoms with E-state index in [1.807, 2.05) is 39.8 Å². The molecule has 0 spiro atoms. The Morgan fingerprint density at radius 3 is 2.65 bits per heavy atom. The molecule has 1 N–H and O–H groups in total. The van der Waals surface area contributed by atoms with Gasteiger partial charge in [0.15, 0.2) is 0 Å². The summed E-state index contributed by atoms with van der Waals surface area (Å²) in [5, 5.41) is 3.89. The maximum atomic E-state index is 11.8. The monoisotopic (exact) mass is 333 g/mol. The van der Waals surface area contributed by atoms with Crippen molar-refractivity contribution in [2.24, 2.45) is 0 Å². The highest BCUT2D eigenvalue weighted by Crippen LogP contribution is 2.24. The van der Waals surface area contributed by atoms with Crippen molar-refractivity contribution in [1.82, 2.24) is 5.32 Å². The molecular formula is C18H23NO3S. The van der Waals surface area contributed by atoms with Crippen LogP contribution in [0.4, 0.5) is 0 Å². The number of hydrogen-bond donors (Lipinski definition) is 1. The Bertz CT molecular complexity index is 767. The SMILES string of the molecule is CC[C@@H](C)NC(=O)CSCc1cc(=O)oc2cc(C)c(C)cc12. The molecule has 2 aromatic rings. The van der Waals surface area contributed by atoms with E-state index in [4.69, 9.17) is 4.42 Å². The third-order valence-electron chi connectivity index (χ3n) is 3.95. The molecule has 124 valence electrons. The van der Waals surface area contributed by atoms with E-state index in [2.05, 4.69) is 5.32 Å². The second-order valence-corrected chi connectivity index (χ2v) is 6.88. The average molecular weight is 333 g/mol. The number of fused-ring (bicyclic) bond motifs is 1. The summed E-state index contributed by atoms with van der Waals surface area (Å²) in [7, 11) is 0. The fourth-order valence-corrected chi connectivity index (χ4v) is 3.10. The minimum Gasteiger partial charge on any atom is -0.423 e. The molecular weight excluding hydrogens is 310 g/mol. The topological polar surface area (TPSA) is 59.3 Å². The lowest BCUT2D eigenvalue weighted by Gasteiger charge is -2.11. The van der Waals surface area contributed by atoms with Gasteiger partial charge in [-0.1, -0.05) is 6.92 Å². The molecule has 2 rings (SSSR count). The summed E-state index contributed by atoms with van der Waals surface area (Å²) in [6, 6.07) is 5.66. The predicted molar refractivity (Wildman–Crippen MR) is 96.0 cm³/mol. The first kappa shape index (κ1) is 17.6. The number of carbonyl (C=O) groups is 1. The van der Waals surface area contributed by atoms with Gasteiger partial charge < -0.3 is 9.73 Å². The Balaban J connectivity index is 2.12. The normalized spacial score (nSPS) is 12.3. The molecule has 5 heteroatoms. The van der Waals surface area contributed by atoms with Gasteiger partial charge in [0.2, 0.25) is 5.91 Å². The molecule has 0 aliphatic rings. The van der Waals surface area contributed by atoms with E-state index in [1.54, 1.807) is 0 Å². The molecule has 0 radical (unpaired) electrons. The van der Waals surface area contributed by atoms with Gasteiger partial charge in [0.1, 0.15) is 5.58 Å². The Morgan fingerprint density at radius 1 is 1.26 bits per heavy atom. The molecule has 0 aliphatic carbocycles. The number of thioether (sulfide) groups is 1. The van der Waals surface area contributed by atoms with Crippen molar-refractivity contribution in [3.63, 3.8) is 0 Å². The predicted octanol–water partition coefficient (Wildman–Crippen LogP) is 3.56. The van der Waals surface area contributed by atoms with Crippen LogP contribution in [-0.4, -0.2) is 17.7 Å². The van der Waals surface area contributed by atoms with Gasteiger partial charge in [-0.05, 0) is 56.0 Å². The molecule has 23 heavy (non-hydrogen) atoms. The third kappa shape index (κ3) is 4.61. The van der Waals surface area contributed by atoms with Crippen LogP contribution < -0.4 is 10.9 Å². The molecule has 0 fully saturated rings. The van der Waals surface area contributed by atoms with E-state index >= 15 is 0 Å². The average Bonchev–Trinajstić information content (AvgIpc) is 2.48. The van der Waals surface area contributed by atoms with Crippen molar-refractivity contribution in [2.45, 2.75) is 45.9 Å². The molecule has 0 saturated heterocycles. The van der Waals surface area contributed by atoms with Crippen LogP contribution in [0.5, 0.6) is 0 Å². The zero-order valence-corrected chi connectivity index (χ0v) is 14.9. The van der Waals surface area contributed by atoms with Crippen LogP contribution in [0.1, 0.15) is 37.0 Å². The molecule has 1 aromatic carbocycles. The zero-order valence-electron chi connectivity index (χ0n) is 14.1. The summed E-state index contributed by atoms with van der Waals surface area (Å²) < 4.78 is 5.29. The molecule has 1 aromatic heterocycles. The van der Waals surface area contributed by atoms with E-state index in [1.165, 1.54) is 17.8 Å². The number of carbonyl (C=O) groups excluding carboxylic acids is 1. The number of aryl methyl sites for hydroxylation is 2. The van der Waals surface area contributed by atoms with Crippen molar-refractivity contribution in [2.75, 3.05) is 5.75 Å². The second-order valence-electron chi connectivity index (χ2n) is 5.89. The molecule has 1 amide bonds. The van der Waals surface area contributed by atoms with Crippen molar-refractivity contribution < 1.29 is 9.21 Å².